The van der Waals surface area contributed by atoms with Crippen LogP contribution in [-0.2, 0) is 13.0 Å². The van der Waals surface area contributed by atoms with Crippen LogP contribution in [0.3, 0.4) is 0 Å². The molecule has 0 saturated heterocycles. The van der Waals surface area contributed by atoms with Crippen molar-refractivity contribution in [1.29, 1.82) is 0 Å². The summed E-state index contributed by atoms with van der Waals surface area (Å²) < 4.78 is 26.7. The molecule has 0 bridgehead atoms. The van der Waals surface area contributed by atoms with E-state index in [1.54, 1.807) is 46.6 Å². The standard InChI is InChI=1S/C22H22O4.C15H16O3/c1-24-18-10-8-17(9-11-18)22(23)20-14-19(25-2)12-13-21(20)26-15-16-6-4-3-5-7-16;1-17-13-5-3-11(4-6-13)9-12-10-14(18-2)7-8-15(12)16/h3-14,22-23H,15H2,1-2H3;3-8,10,16H,9H2,1-2H3. The summed E-state index contributed by atoms with van der Waals surface area (Å²) in [7, 11) is 6.47. The highest BCUT2D eigenvalue weighted by Crippen LogP contribution is 2.34. The second-order valence-electron chi connectivity index (χ2n) is 9.87. The van der Waals surface area contributed by atoms with Gasteiger partial charge in [-0.15, -0.1) is 0 Å². The van der Waals surface area contributed by atoms with Crippen LogP contribution in [0.15, 0.2) is 115 Å². The van der Waals surface area contributed by atoms with E-state index < -0.39 is 6.10 Å². The second-order valence-corrected chi connectivity index (χ2v) is 9.87. The molecular formula is C37H38O7. The number of hydrogen-bond acceptors (Lipinski definition) is 7. The Balaban J connectivity index is 0.000000215. The van der Waals surface area contributed by atoms with Gasteiger partial charge < -0.3 is 33.9 Å². The quantitative estimate of drug-likeness (QED) is 0.165. The van der Waals surface area contributed by atoms with Crippen LogP contribution in [0.4, 0.5) is 0 Å². The molecule has 7 nitrogen and oxygen atoms in total. The summed E-state index contributed by atoms with van der Waals surface area (Å²) in [6.45, 7) is 0.426. The van der Waals surface area contributed by atoms with E-state index in [0.29, 0.717) is 30.1 Å². The minimum Gasteiger partial charge on any atom is -0.508 e. The molecule has 0 aliphatic carbocycles. The zero-order valence-electron chi connectivity index (χ0n) is 25.4. The Bertz CT molecular complexity index is 1580. The van der Waals surface area contributed by atoms with E-state index in [4.69, 9.17) is 23.7 Å². The molecule has 0 saturated carbocycles. The number of phenols is 1. The summed E-state index contributed by atoms with van der Waals surface area (Å²) >= 11 is 0. The van der Waals surface area contributed by atoms with Gasteiger partial charge in [0.05, 0.1) is 28.4 Å². The fourth-order valence-corrected chi connectivity index (χ4v) is 4.49. The summed E-state index contributed by atoms with van der Waals surface area (Å²) in [5.41, 5.74) is 4.43. The second kappa shape index (κ2) is 15.9. The van der Waals surface area contributed by atoms with Crippen molar-refractivity contribution in [2.75, 3.05) is 28.4 Å². The first-order valence-electron chi connectivity index (χ1n) is 14.1. The highest BCUT2D eigenvalue weighted by Gasteiger charge is 2.17. The van der Waals surface area contributed by atoms with Crippen LogP contribution in [0.2, 0.25) is 0 Å². The van der Waals surface area contributed by atoms with Crippen molar-refractivity contribution in [3.63, 3.8) is 0 Å². The lowest BCUT2D eigenvalue weighted by molar-refractivity contribution is 0.208. The number of aromatic hydroxyl groups is 1. The van der Waals surface area contributed by atoms with Crippen LogP contribution >= 0.6 is 0 Å². The van der Waals surface area contributed by atoms with E-state index in [2.05, 4.69) is 0 Å². The van der Waals surface area contributed by atoms with E-state index in [1.807, 2.05) is 97.1 Å². The minimum absolute atomic E-state index is 0.284. The summed E-state index contributed by atoms with van der Waals surface area (Å²) in [5.74, 6) is 3.89. The third-order valence-corrected chi connectivity index (χ3v) is 7.02. The molecule has 0 aliphatic rings. The summed E-state index contributed by atoms with van der Waals surface area (Å²) in [6.07, 6.45) is -0.172. The number of methoxy groups -OCH3 is 4. The minimum atomic E-state index is -0.832. The Morgan fingerprint density at radius 3 is 1.73 bits per heavy atom. The van der Waals surface area contributed by atoms with Gasteiger partial charge in [0.1, 0.15) is 47.2 Å². The lowest BCUT2D eigenvalue weighted by Crippen LogP contribution is -2.05. The summed E-state index contributed by atoms with van der Waals surface area (Å²) in [4.78, 5) is 0. The van der Waals surface area contributed by atoms with Crippen LogP contribution in [-0.4, -0.2) is 38.7 Å². The van der Waals surface area contributed by atoms with Gasteiger partial charge in [0, 0.05) is 17.5 Å². The zero-order valence-corrected chi connectivity index (χ0v) is 25.4. The molecule has 1 unspecified atom stereocenters. The van der Waals surface area contributed by atoms with E-state index in [-0.39, 0.29) is 5.75 Å². The lowest BCUT2D eigenvalue weighted by Gasteiger charge is -2.18. The van der Waals surface area contributed by atoms with Crippen LogP contribution in [0.25, 0.3) is 0 Å². The van der Waals surface area contributed by atoms with Crippen molar-refractivity contribution in [1.82, 2.24) is 0 Å². The molecule has 5 aromatic rings. The Morgan fingerprint density at radius 2 is 1.11 bits per heavy atom. The molecule has 0 spiro atoms. The summed E-state index contributed by atoms with van der Waals surface area (Å²) in [5, 5.41) is 20.7. The predicted molar refractivity (Wildman–Crippen MR) is 171 cm³/mol. The van der Waals surface area contributed by atoms with Gasteiger partial charge in [-0.05, 0) is 77.4 Å². The fourth-order valence-electron chi connectivity index (χ4n) is 4.49. The number of benzene rings is 5. The molecule has 44 heavy (non-hydrogen) atoms. The molecule has 0 aliphatic heterocycles. The van der Waals surface area contributed by atoms with Gasteiger partial charge in [-0.1, -0.05) is 54.6 Å². The molecular weight excluding hydrogens is 556 g/mol. The van der Waals surface area contributed by atoms with Crippen molar-refractivity contribution >= 4 is 0 Å². The van der Waals surface area contributed by atoms with E-state index in [9.17, 15) is 10.2 Å². The largest absolute Gasteiger partial charge is 0.508 e. The van der Waals surface area contributed by atoms with Crippen LogP contribution in [0.5, 0.6) is 34.5 Å². The molecule has 0 aromatic heterocycles. The van der Waals surface area contributed by atoms with Crippen LogP contribution < -0.4 is 23.7 Å². The smallest absolute Gasteiger partial charge is 0.126 e. The van der Waals surface area contributed by atoms with Gasteiger partial charge in [-0.3, -0.25) is 0 Å². The predicted octanol–water partition coefficient (Wildman–Crippen LogP) is 7.36. The molecule has 1 atom stereocenters. The van der Waals surface area contributed by atoms with Gasteiger partial charge in [0.2, 0.25) is 0 Å². The molecule has 0 heterocycles. The topological polar surface area (TPSA) is 86.6 Å². The van der Waals surface area contributed by atoms with Gasteiger partial charge in [0.15, 0.2) is 0 Å². The highest BCUT2D eigenvalue weighted by molar-refractivity contribution is 5.46. The van der Waals surface area contributed by atoms with Crippen LogP contribution in [0, 0.1) is 0 Å². The third-order valence-electron chi connectivity index (χ3n) is 7.02. The number of ether oxygens (including phenoxy) is 5. The normalized spacial score (nSPS) is 11.0. The average Bonchev–Trinajstić information content (AvgIpc) is 3.09. The lowest BCUT2D eigenvalue weighted by atomic mass is 10.00. The summed E-state index contributed by atoms with van der Waals surface area (Å²) in [6, 6.07) is 35.7. The monoisotopic (exact) mass is 594 g/mol. The average molecular weight is 595 g/mol. The highest BCUT2D eigenvalue weighted by atomic mass is 16.5. The van der Waals surface area contributed by atoms with Crippen molar-refractivity contribution in [3.05, 3.63) is 143 Å². The van der Waals surface area contributed by atoms with Gasteiger partial charge in [-0.2, -0.15) is 0 Å². The molecule has 2 N–H and O–H groups in total. The first-order chi connectivity index (χ1) is 21.4. The van der Waals surface area contributed by atoms with Crippen molar-refractivity contribution in [2.45, 2.75) is 19.1 Å². The van der Waals surface area contributed by atoms with Gasteiger partial charge >= 0.3 is 0 Å². The number of aliphatic hydroxyl groups is 1. The molecule has 0 radical (unpaired) electrons. The molecule has 7 heteroatoms. The number of aliphatic hydroxyl groups excluding tert-OH is 1. The Labute approximate surface area is 258 Å². The SMILES string of the molecule is COc1ccc(C(O)c2cc(OC)ccc2OCc2ccccc2)cc1.COc1ccc(Cc2cc(OC)ccc2O)cc1. The third kappa shape index (κ3) is 8.69. The number of phenolic OH excluding ortho intramolecular Hbond substituents is 1. The molecule has 0 amide bonds. The van der Waals surface area contributed by atoms with Crippen molar-refractivity contribution in [3.8, 4) is 34.5 Å². The Kier molecular flexibility index (Phi) is 11.5. The van der Waals surface area contributed by atoms with Crippen molar-refractivity contribution < 1.29 is 33.9 Å². The Morgan fingerprint density at radius 1 is 0.568 bits per heavy atom. The molecule has 5 rings (SSSR count). The fraction of sp³-hybridized carbons (Fsp3) is 0.189. The maximum Gasteiger partial charge on any atom is 0.126 e. The van der Waals surface area contributed by atoms with Gasteiger partial charge in [-0.25, -0.2) is 0 Å². The Hall–Kier alpha value is -5.14. The maximum atomic E-state index is 10.9. The van der Waals surface area contributed by atoms with E-state index in [1.165, 1.54) is 0 Å². The zero-order chi connectivity index (χ0) is 31.3. The number of rotatable bonds is 11. The van der Waals surface area contributed by atoms with E-state index >= 15 is 0 Å². The van der Waals surface area contributed by atoms with Crippen LogP contribution in [0.1, 0.15) is 33.9 Å². The number of hydrogen-bond donors (Lipinski definition) is 2. The first kappa shape index (κ1) is 31.8. The maximum absolute atomic E-state index is 10.9. The van der Waals surface area contributed by atoms with Gasteiger partial charge in [0.25, 0.3) is 0 Å². The first-order valence-corrected chi connectivity index (χ1v) is 14.1. The molecule has 228 valence electrons. The molecule has 0 fully saturated rings. The van der Waals surface area contributed by atoms with Crippen molar-refractivity contribution in [2.24, 2.45) is 0 Å². The van der Waals surface area contributed by atoms with E-state index in [0.717, 1.165) is 39.5 Å². The molecule has 5 aromatic carbocycles.